The Balaban J connectivity index is 2.13. The molecule has 2 rings (SSSR count). The van der Waals surface area contributed by atoms with Gasteiger partial charge < -0.3 is 9.84 Å². The molecular formula is C15H23ClN2O2. The molecule has 1 aliphatic rings. The third-order valence-electron chi connectivity index (χ3n) is 4.11. The van der Waals surface area contributed by atoms with Gasteiger partial charge in [0.1, 0.15) is 0 Å². The van der Waals surface area contributed by atoms with Gasteiger partial charge in [0.05, 0.1) is 12.1 Å². The monoisotopic (exact) mass is 298 g/mol. The molecule has 0 amide bonds. The van der Waals surface area contributed by atoms with Gasteiger partial charge in [-0.25, -0.2) is 0 Å². The summed E-state index contributed by atoms with van der Waals surface area (Å²) in [5.41, 5.74) is 1.23. The van der Waals surface area contributed by atoms with Crippen LogP contribution in [0.1, 0.15) is 19.4 Å². The van der Waals surface area contributed by atoms with Gasteiger partial charge in [-0.1, -0.05) is 11.6 Å². The molecule has 1 N–H and O–H groups in total. The Bertz CT molecular complexity index is 491. The zero-order valence-electron chi connectivity index (χ0n) is 12.6. The summed E-state index contributed by atoms with van der Waals surface area (Å²) in [5.74, 6) is 0.442. The molecule has 1 aromatic rings. The van der Waals surface area contributed by atoms with E-state index in [0.29, 0.717) is 10.8 Å². The Labute approximate surface area is 125 Å². The second-order valence-electron chi connectivity index (χ2n) is 6.07. The Hall–Kier alpha value is -0.970. The Morgan fingerprint density at radius 1 is 1.35 bits per heavy atom. The van der Waals surface area contributed by atoms with Crippen molar-refractivity contribution in [3.8, 4) is 11.5 Å². The van der Waals surface area contributed by atoms with E-state index in [9.17, 15) is 5.11 Å². The minimum atomic E-state index is 0.0108. The number of piperazine rings is 1. The molecule has 1 heterocycles. The van der Waals surface area contributed by atoms with E-state index >= 15 is 0 Å². The van der Waals surface area contributed by atoms with E-state index in [4.69, 9.17) is 16.3 Å². The van der Waals surface area contributed by atoms with Crippen LogP contribution in [0.3, 0.4) is 0 Å². The maximum Gasteiger partial charge on any atom is 0.176 e. The predicted molar refractivity (Wildman–Crippen MR) is 81.7 cm³/mol. The largest absolute Gasteiger partial charge is 0.503 e. The zero-order valence-corrected chi connectivity index (χ0v) is 13.4. The fourth-order valence-electron chi connectivity index (χ4n) is 2.61. The average Bonchev–Trinajstić information content (AvgIpc) is 2.37. The molecule has 0 saturated carbocycles. The van der Waals surface area contributed by atoms with E-state index in [1.165, 1.54) is 7.11 Å². The zero-order chi connectivity index (χ0) is 14.9. The lowest BCUT2D eigenvalue weighted by atomic mass is 9.99. The number of nitrogens with zero attached hydrogens (tertiary/aromatic N) is 2. The molecule has 20 heavy (non-hydrogen) atoms. The average molecular weight is 299 g/mol. The van der Waals surface area contributed by atoms with Crippen LogP contribution in [0.2, 0.25) is 5.02 Å². The van der Waals surface area contributed by atoms with Gasteiger partial charge in [-0.05, 0) is 38.6 Å². The van der Waals surface area contributed by atoms with Gasteiger partial charge in [-0.2, -0.15) is 0 Å². The van der Waals surface area contributed by atoms with Crippen molar-refractivity contribution in [3.63, 3.8) is 0 Å². The van der Waals surface area contributed by atoms with Crippen LogP contribution in [0.4, 0.5) is 0 Å². The second kappa shape index (κ2) is 5.80. The van der Waals surface area contributed by atoms with Gasteiger partial charge in [0, 0.05) is 31.7 Å². The van der Waals surface area contributed by atoms with Gasteiger partial charge in [0.2, 0.25) is 0 Å². The molecular weight excluding hydrogens is 276 g/mol. The Kier molecular flexibility index (Phi) is 4.47. The van der Waals surface area contributed by atoms with Crippen molar-refractivity contribution in [2.24, 2.45) is 0 Å². The maximum atomic E-state index is 9.77. The number of rotatable bonds is 3. The summed E-state index contributed by atoms with van der Waals surface area (Å²) in [7, 11) is 3.70. The fraction of sp³-hybridized carbons (Fsp3) is 0.600. The van der Waals surface area contributed by atoms with Crippen molar-refractivity contribution in [2.45, 2.75) is 25.9 Å². The molecule has 0 bridgehead atoms. The van der Waals surface area contributed by atoms with Crippen molar-refractivity contribution in [1.29, 1.82) is 0 Å². The number of hydrogen-bond donors (Lipinski definition) is 1. The van der Waals surface area contributed by atoms with Crippen LogP contribution in [0.5, 0.6) is 11.5 Å². The number of hydrogen-bond acceptors (Lipinski definition) is 4. The highest BCUT2D eigenvalue weighted by Gasteiger charge is 2.30. The maximum absolute atomic E-state index is 9.77. The first-order chi connectivity index (χ1) is 9.33. The third kappa shape index (κ3) is 3.19. The predicted octanol–water partition coefficient (Wildman–Crippen LogP) is 2.58. The lowest BCUT2D eigenvalue weighted by Gasteiger charge is -2.45. The van der Waals surface area contributed by atoms with E-state index in [1.807, 2.05) is 12.1 Å². The van der Waals surface area contributed by atoms with Gasteiger partial charge >= 0.3 is 0 Å². The molecule has 1 saturated heterocycles. The van der Waals surface area contributed by atoms with E-state index in [1.54, 1.807) is 0 Å². The molecule has 1 fully saturated rings. The number of benzene rings is 1. The van der Waals surface area contributed by atoms with Gasteiger partial charge in [0.25, 0.3) is 0 Å². The molecule has 112 valence electrons. The highest BCUT2D eigenvalue weighted by Crippen LogP contribution is 2.35. The first-order valence-corrected chi connectivity index (χ1v) is 7.20. The fourth-order valence-corrected chi connectivity index (χ4v) is 2.84. The van der Waals surface area contributed by atoms with Gasteiger partial charge in [0.15, 0.2) is 11.5 Å². The normalized spacial score (nSPS) is 20.1. The van der Waals surface area contributed by atoms with Crippen LogP contribution in [0, 0.1) is 0 Å². The molecule has 0 radical (unpaired) electrons. The molecule has 4 nitrogen and oxygen atoms in total. The van der Waals surface area contributed by atoms with Crippen molar-refractivity contribution >= 4 is 11.6 Å². The van der Waals surface area contributed by atoms with Crippen molar-refractivity contribution in [2.75, 3.05) is 33.8 Å². The van der Waals surface area contributed by atoms with E-state index < -0.39 is 0 Å². The number of phenolic OH excluding ortho intramolecular Hbond substituents is 1. The highest BCUT2D eigenvalue weighted by atomic mass is 35.5. The first kappa shape index (κ1) is 15.4. The minimum absolute atomic E-state index is 0.0108. The van der Waals surface area contributed by atoms with Gasteiger partial charge in [-0.15, -0.1) is 0 Å². The van der Waals surface area contributed by atoms with Crippen molar-refractivity contribution < 1.29 is 9.84 Å². The van der Waals surface area contributed by atoms with E-state index in [0.717, 1.165) is 31.7 Å². The quantitative estimate of drug-likeness (QED) is 0.930. The number of likely N-dealkylation sites (N-methyl/N-ethyl adjacent to an activating group) is 1. The molecule has 0 aliphatic carbocycles. The van der Waals surface area contributed by atoms with Gasteiger partial charge in [-0.3, -0.25) is 9.80 Å². The standard InChI is InChI=1S/C15H23ClN2O2/c1-15(2)10-18(6-5-17(15)3)9-11-7-12(16)14(19)13(8-11)20-4/h7-8,19H,5-6,9-10H2,1-4H3. The van der Waals surface area contributed by atoms with Crippen molar-refractivity contribution in [1.82, 2.24) is 9.80 Å². The molecule has 5 heteroatoms. The summed E-state index contributed by atoms with van der Waals surface area (Å²) >= 11 is 6.04. The lowest BCUT2D eigenvalue weighted by molar-refractivity contribution is 0.0360. The number of aromatic hydroxyl groups is 1. The Morgan fingerprint density at radius 3 is 2.65 bits per heavy atom. The highest BCUT2D eigenvalue weighted by molar-refractivity contribution is 6.32. The van der Waals surface area contributed by atoms with Crippen LogP contribution in [-0.4, -0.2) is 54.2 Å². The summed E-state index contributed by atoms with van der Waals surface area (Å²) in [6.45, 7) is 8.40. The summed E-state index contributed by atoms with van der Waals surface area (Å²) in [6, 6.07) is 3.66. The van der Waals surface area contributed by atoms with Crippen LogP contribution >= 0.6 is 11.6 Å². The smallest absolute Gasteiger partial charge is 0.176 e. The number of methoxy groups -OCH3 is 1. The minimum Gasteiger partial charge on any atom is -0.503 e. The SMILES string of the molecule is COc1cc(CN2CCN(C)C(C)(C)C2)cc(Cl)c1O. The topological polar surface area (TPSA) is 35.9 Å². The number of phenols is 1. The van der Waals surface area contributed by atoms with Crippen molar-refractivity contribution in [3.05, 3.63) is 22.7 Å². The van der Waals surface area contributed by atoms with E-state index in [-0.39, 0.29) is 11.3 Å². The molecule has 0 spiro atoms. The number of halogens is 1. The van der Waals surface area contributed by atoms with Crippen LogP contribution in [0.15, 0.2) is 12.1 Å². The molecule has 1 aromatic carbocycles. The first-order valence-electron chi connectivity index (χ1n) is 6.82. The number of ether oxygens (including phenoxy) is 1. The van der Waals surface area contributed by atoms with Crippen LogP contribution in [0.25, 0.3) is 0 Å². The summed E-state index contributed by atoms with van der Waals surface area (Å²) < 4.78 is 5.15. The lowest BCUT2D eigenvalue weighted by Crippen LogP contribution is -2.57. The molecule has 1 aliphatic heterocycles. The molecule has 0 aromatic heterocycles. The molecule has 0 unspecified atom stereocenters. The summed E-state index contributed by atoms with van der Waals surface area (Å²) in [4.78, 5) is 4.79. The van der Waals surface area contributed by atoms with E-state index in [2.05, 4.69) is 30.7 Å². The second-order valence-corrected chi connectivity index (χ2v) is 6.48. The third-order valence-corrected chi connectivity index (χ3v) is 4.40. The Morgan fingerprint density at radius 2 is 2.05 bits per heavy atom. The molecule has 0 atom stereocenters. The summed E-state index contributed by atoms with van der Waals surface area (Å²) in [6.07, 6.45) is 0. The van der Waals surface area contributed by atoms with Crippen LogP contribution < -0.4 is 4.74 Å². The van der Waals surface area contributed by atoms with Crippen LogP contribution in [-0.2, 0) is 6.54 Å². The summed E-state index contributed by atoms with van der Waals surface area (Å²) in [5, 5.41) is 10.1.